The zero-order chi connectivity index (χ0) is 13.0. The predicted octanol–water partition coefficient (Wildman–Crippen LogP) is -0.0141. The third-order valence-electron chi connectivity index (χ3n) is 4.01. The van der Waals surface area contributed by atoms with E-state index in [1.165, 1.54) is 0 Å². The molecule has 2 saturated heterocycles. The van der Waals surface area contributed by atoms with Crippen molar-refractivity contribution in [3.05, 3.63) is 0 Å². The standard InChI is InChI=1S/C13H24N2O3/c1-15(10-13(17)3-6-18-7-4-13)12(16)8-11-2-5-14-9-11/h11,14,17H,2-10H2,1H3. The molecule has 5 heteroatoms. The van der Waals surface area contributed by atoms with Crippen LogP contribution >= 0.6 is 0 Å². The molecule has 2 rings (SSSR count). The lowest BCUT2D eigenvalue weighted by Gasteiger charge is -2.35. The van der Waals surface area contributed by atoms with Crippen LogP contribution in [0.4, 0.5) is 0 Å². The van der Waals surface area contributed by atoms with E-state index in [1.54, 1.807) is 11.9 Å². The molecule has 0 aromatic heterocycles. The first-order valence-corrected chi connectivity index (χ1v) is 6.84. The van der Waals surface area contributed by atoms with E-state index in [4.69, 9.17) is 4.74 Å². The Hall–Kier alpha value is -0.650. The molecule has 18 heavy (non-hydrogen) atoms. The fourth-order valence-electron chi connectivity index (χ4n) is 2.73. The molecule has 104 valence electrons. The number of amides is 1. The molecule has 0 bridgehead atoms. The minimum absolute atomic E-state index is 0.142. The number of likely N-dealkylation sites (N-methyl/N-ethyl adjacent to an activating group) is 1. The second-order valence-corrected chi connectivity index (χ2v) is 5.65. The summed E-state index contributed by atoms with van der Waals surface area (Å²) < 4.78 is 5.24. The van der Waals surface area contributed by atoms with Crippen LogP contribution < -0.4 is 5.32 Å². The molecular weight excluding hydrogens is 232 g/mol. The number of hydrogen-bond donors (Lipinski definition) is 2. The van der Waals surface area contributed by atoms with E-state index in [2.05, 4.69) is 5.32 Å². The summed E-state index contributed by atoms with van der Waals surface area (Å²) in [6.07, 6.45) is 2.92. The first-order valence-electron chi connectivity index (χ1n) is 6.84. The molecule has 5 nitrogen and oxygen atoms in total. The Labute approximate surface area is 108 Å². The first kappa shape index (κ1) is 13.8. The van der Waals surface area contributed by atoms with Crippen molar-refractivity contribution >= 4 is 5.91 Å². The van der Waals surface area contributed by atoms with Crippen LogP contribution in [0.1, 0.15) is 25.7 Å². The smallest absolute Gasteiger partial charge is 0.222 e. The Morgan fingerprint density at radius 3 is 2.83 bits per heavy atom. The first-order chi connectivity index (χ1) is 8.59. The fraction of sp³-hybridized carbons (Fsp3) is 0.923. The van der Waals surface area contributed by atoms with Gasteiger partial charge in [0.25, 0.3) is 0 Å². The summed E-state index contributed by atoms with van der Waals surface area (Å²) in [6.45, 7) is 3.56. The van der Waals surface area contributed by atoms with Crippen molar-refractivity contribution in [1.29, 1.82) is 0 Å². The molecule has 2 fully saturated rings. The van der Waals surface area contributed by atoms with Crippen molar-refractivity contribution in [1.82, 2.24) is 10.2 Å². The molecule has 0 aliphatic carbocycles. The summed E-state index contributed by atoms with van der Waals surface area (Å²) >= 11 is 0. The maximum absolute atomic E-state index is 12.1. The molecule has 0 radical (unpaired) electrons. The van der Waals surface area contributed by atoms with Crippen molar-refractivity contribution < 1.29 is 14.6 Å². The van der Waals surface area contributed by atoms with Crippen LogP contribution in [0.25, 0.3) is 0 Å². The lowest BCUT2D eigenvalue weighted by molar-refractivity contribution is -0.137. The highest BCUT2D eigenvalue weighted by molar-refractivity contribution is 5.76. The Balaban J connectivity index is 1.78. The summed E-state index contributed by atoms with van der Waals surface area (Å²) in [6, 6.07) is 0. The van der Waals surface area contributed by atoms with Gasteiger partial charge in [0, 0.05) is 46.1 Å². The summed E-state index contributed by atoms with van der Waals surface area (Å²) in [7, 11) is 1.79. The monoisotopic (exact) mass is 256 g/mol. The average molecular weight is 256 g/mol. The molecular formula is C13H24N2O3. The van der Waals surface area contributed by atoms with E-state index < -0.39 is 5.60 Å². The number of hydrogen-bond acceptors (Lipinski definition) is 4. The number of nitrogens with one attached hydrogen (secondary N) is 1. The van der Waals surface area contributed by atoms with Crippen molar-refractivity contribution in [2.45, 2.75) is 31.3 Å². The van der Waals surface area contributed by atoms with E-state index in [9.17, 15) is 9.90 Å². The van der Waals surface area contributed by atoms with Gasteiger partial charge in [-0.15, -0.1) is 0 Å². The molecule has 2 heterocycles. The van der Waals surface area contributed by atoms with Crippen LogP contribution in [0.15, 0.2) is 0 Å². The third-order valence-corrected chi connectivity index (χ3v) is 4.01. The second-order valence-electron chi connectivity index (χ2n) is 5.65. The Bertz CT molecular complexity index is 284. The lowest BCUT2D eigenvalue weighted by Crippen LogP contribution is -2.47. The molecule has 0 aromatic carbocycles. The second kappa shape index (κ2) is 5.99. The zero-order valence-corrected chi connectivity index (χ0v) is 11.2. The zero-order valence-electron chi connectivity index (χ0n) is 11.2. The molecule has 0 aromatic rings. The van der Waals surface area contributed by atoms with Gasteiger partial charge in [0.2, 0.25) is 5.91 Å². The topological polar surface area (TPSA) is 61.8 Å². The Morgan fingerprint density at radius 2 is 2.22 bits per heavy atom. The highest BCUT2D eigenvalue weighted by atomic mass is 16.5. The number of rotatable bonds is 4. The van der Waals surface area contributed by atoms with E-state index in [-0.39, 0.29) is 5.91 Å². The number of nitrogens with zero attached hydrogens (tertiary/aromatic N) is 1. The van der Waals surface area contributed by atoms with Crippen LogP contribution in [0.3, 0.4) is 0 Å². The van der Waals surface area contributed by atoms with Crippen LogP contribution in [0, 0.1) is 5.92 Å². The van der Waals surface area contributed by atoms with Crippen molar-refractivity contribution in [2.75, 3.05) is 39.9 Å². The molecule has 2 aliphatic heterocycles. The van der Waals surface area contributed by atoms with Crippen LogP contribution in [-0.4, -0.2) is 61.4 Å². The van der Waals surface area contributed by atoms with E-state index >= 15 is 0 Å². The van der Waals surface area contributed by atoms with Crippen molar-refractivity contribution in [3.63, 3.8) is 0 Å². The molecule has 0 saturated carbocycles. The molecule has 1 atom stereocenters. The quantitative estimate of drug-likeness (QED) is 0.742. The minimum atomic E-state index is -0.753. The molecule has 0 spiro atoms. The minimum Gasteiger partial charge on any atom is -0.388 e. The molecule has 2 N–H and O–H groups in total. The van der Waals surface area contributed by atoms with E-state index in [1.807, 2.05) is 0 Å². The van der Waals surface area contributed by atoms with Crippen molar-refractivity contribution in [2.24, 2.45) is 5.92 Å². The van der Waals surface area contributed by atoms with E-state index in [0.717, 1.165) is 19.5 Å². The summed E-state index contributed by atoms with van der Waals surface area (Å²) in [5.74, 6) is 0.605. The maximum Gasteiger partial charge on any atom is 0.222 e. The Kier molecular flexibility index (Phi) is 4.59. The van der Waals surface area contributed by atoms with Gasteiger partial charge in [-0.3, -0.25) is 4.79 Å². The number of carbonyl (C=O) groups excluding carboxylic acids is 1. The number of carbonyl (C=O) groups is 1. The third kappa shape index (κ3) is 3.67. The summed E-state index contributed by atoms with van der Waals surface area (Å²) in [5.41, 5.74) is -0.753. The number of ether oxygens (including phenoxy) is 1. The highest BCUT2D eigenvalue weighted by Gasteiger charge is 2.32. The highest BCUT2D eigenvalue weighted by Crippen LogP contribution is 2.22. The lowest BCUT2D eigenvalue weighted by atomic mass is 9.93. The Morgan fingerprint density at radius 1 is 1.50 bits per heavy atom. The fourth-order valence-corrected chi connectivity index (χ4v) is 2.73. The SMILES string of the molecule is CN(CC1(O)CCOCC1)C(=O)CC1CCNC1. The van der Waals surface area contributed by atoms with Crippen LogP contribution in [0.5, 0.6) is 0 Å². The van der Waals surface area contributed by atoms with Gasteiger partial charge in [-0.25, -0.2) is 0 Å². The molecule has 1 unspecified atom stereocenters. The van der Waals surface area contributed by atoms with Crippen LogP contribution in [0.2, 0.25) is 0 Å². The summed E-state index contributed by atoms with van der Waals surface area (Å²) in [5, 5.41) is 13.6. The van der Waals surface area contributed by atoms with Gasteiger partial charge in [-0.1, -0.05) is 0 Å². The van der Waals surface area contributed by atoms with Crippen LogP contribution in [-0.2, 0) is 9.53 Å². The largest absolute Gasteiger partial charge is 0.388 e. The van der Waals surface area contributed by atoms with E-state index in [0.29, 0.717) is 44.9 Å². The van der Waals surface area contributed by atoms with Gasteiger partial charge < -0.3 is 20.1 Å². The molecule has 2 aliphatic rings. The van der Waals surface area contributed by atoms with Crippen molar-refractivity contribution in [3.8, 4) is 0 Å². The van der Waals surface area contributed by atoms with Gasteiger partial charge in [-0.05, 0) is 25.4 Å². The van der Waals surface area contributed by atoms with Gasteiger partial charge in [0.15, 0.2) is 0 Å². The summed E-state index contributed by atoms with van der Waals surface area (Å²) in [4.78, 5) is 13.8. The molecule has 1 amide bonds. The predicted molar refractivity (Wildman–Crippen MR) is 68.2 cm³/mol. The normalized spacial score (nSPS) is 27.1. The maximum atomic E-state index is 12.1. The van der Waals surface area contributed by atoms with Gasteiger partial charge in [0.05, 0.1) is 5.60 Å². The van der Waals surface area contributed by atoms with Gasteiger partial charge in [0.1, 0.15) is 0 Å². The number of aliphatic hydroxyl groups is 1. The van der Waals surface area contributed by atoms with Gasteiger partial charge >= 0.3 is 0 Å². The van der Waals surface area contributed by atoms with Gasteiger partial charge in [-0.2, -0.15) is 0 Å². The average Bonchev–Trinajstić information content (AvgIpc) is 2.82.